The van der Waals surface area contributed by atoms with Crippen LogP contribution in [-0.4, -0.2) is 34.9 Å². The summed E-state index contributed by atoms with van der Waals surface area (Å²) < 4.78 is 11.2. The summed E-state index contributed by atoms with van der Waals surface area (Å²) in [5.41, 5.74) is 1.71. The maximum Gasteiger partial charge on any atom is 0.295 e. The molecule has 172 valence electrons. The number of Topliss-reactive ketones (excluding diaryl/α,β-unsaturated/α-hetero) is 1. The third-order valence-corrected chi connectivity index (χ3v) is 6.55. The number of halogens is 2. The summed E-state index contributed by atoms with van der Waals surface area (Å²) in [6, 6.07) is 18.3. The molecular weight excluding hydrogens is 477 g/mol. The molecule has 3 aromatic rings. The first-order valence-electron chi connectivity index (χ1n) is 10.6. The van der Waals surface area contributed by atoms with Crippen molar-refractivity contribution in [3.05, 3.63) is 99.0 Å². The molecule has 8 heteroatoms. The van der Waals surface area contributed by atoms with Crippen LogP contribution < -0.4 is 9.47 Å². The van der Waals surface area contributed by atoms with Crippen LogP contribution in [0.1, 0.15) is 22.7 Å². The van der Waals surface area contributed by atoms with E-state index in [0.29, 0.717) is 40.9 Å². The lowest BCUT2D eigenvalue weighted by Crippen LogP contribution is -2.29. The number of hydrogen-bond donors (Lipinski definition) is 1. The van der Waals surface area contributed by atoms with Crippen molar-refractivity contribution in [2.75, 3.05) is 13.2 Å². The molecule has 2 aliphatic heterocycles. The summed E-state index contributed by atoms with van der Waals surface area (Å²) >= 11 is 12.4. The Morgan fingerprint density at radius 3 is 2.38 bits per heavy atom. The zero-order valence-electron chi connectivity index (χ0n) is 17.8. The van der Waals surface area contributed by atoms with Crippen LogP contribution in [-0.2, 0) is 16.1 Å². The van der Waals surface area contributed by atoms with E-state index >= 15 is 0 Å². The Labute approximate surface area is 205 Å². The van der Waals surface area contributed by atoms with Crippen LogP contribution in [0, 0.1) is 0 Å². The van der Waals surface area contributed by atoms with Gasteiger partial charge < -0.3 is 19.5 Å². The number of nitrogens with zero attached hydrogens (tertiary/aromatic N) is 1. The monoisotopic (exact) mass is 495 g/mol. The van der Waals surface area contributed by atoms with Crippen molar-refractivity contribution >= 4 is 40.7 Å². The average Bonchev–Trinajstić information content (AvgIpc) is 3.10. The van der Waals surface area contributed by atoms with E-state index in [1.165, 1.54) is 4.90 Å². The van der Waals surface area contributed by atoms with Crippen molar-refractivity contribution in [2.45, 2.75) is 12.6 Å². The number of carbonyl (C=O) groups is 2. The van der Waals surface area contributed by atoms with Crippen molar-refractivity contribution in [2.24, 2.45) is 0 Å². The second kappa shape index (κ2) is 9.05. The Bertz CT molecular complexity index is 1320. The number of rotatable bonds is 4. The van der Waals surface area contributed by atoms with Crippen molar-refractivity contribution in [3.8, 4) is 11.5 Å². The van der Waals surface area contributed by atoms with Gasteiger partial charge in [-0.15, -0.1) is 0 Å². The Morgan fingerprint density at radius 2 is 1.65 bits per heavy atom. The molecule has 1 unspecified atom stereocenters. The molecule has 1 amide bonds. The first-order chi connectivity index (χ1) is 16.4. The van der Waals surface area contributed by atoms with E-state index in [1.807, 2.05) is 30.3 Å². The van der Waals surface area contributed by atoms with Gasteiger partial charge in [-0.3, -0.25) is 9.59 Å². The number of fused-ring (bicyclic) bond motifs is 1. The molecule has 0 spiro atoms. The Kier molecular flexibility index (Phi) is 5.94. The van der Waals surface area contributed by atoms with Gasteiger partial charge in [-0.2, -0.15) is 0 Å². The van der Waals surface area contributed by atoms with Crippen LogP contribution in [0.4, 0.5) is 0 Å². The molecule has 2 heterocycles. The number of ether oxygens (including phenoxy) is 2. The molecule has 1 N–H and O–H groups in total. The van der Waals surface area contributed by atoms with Gasteiger partial charge in [0.15, 0.2) is 11.5 Å². The number of likely N-dealkylation sites (tertiary alicyclic amines) is 1. The summed E-state index contributed by atoms with van der Waals surface area (Å²) in [7, 11) is 0. The summed E-state index contributed by atoms with van der Waals surface area (Å²) in [5.74, 6) is -0.784. The maximum absolute atomic E-state index is 13.2. The van der Waals surface area contributed by atoms with Crippen LogP contribution in [0.3, 0.4) is 0 Å². The number of ketones is 1. The van der Waals surface area contributed by atoms with E-state index in [4.69, 9.17) is 32.7 Å². The fraction of sp³-hybridized carbons (Fsp3) is 0.154. The zero-order valence-corrected chi connectivity index (χ0v) is 19.3. The minimum atomic E-state index is -0.858. The molecule has 2 aliphatic rings. The summed E-state index contributed by atoms with van der Waals surface area (Å²) in [5, 5.41) is 11.9. The van der Waals surface area contributed by atoms with Gasteiger partial charge in [0.1, 0.15) is 19.0 Å². The smallest absolute Gasteiger partial charge is 0.295 e. The van der Waals surface area contributed by atoms with E-state index in [9.17, 15) is 14.7 Å². The first kappa shape index (κ1) is 22.3. The first-order valence-corrected chi connectivity index (χ1v) is 11.4. The fourth-order valence-electron chi connectivity index (χ4n) is 4.20. The lowest BCUT2D eigenvalue weighted by Gasteiger charge is -2.26. The summed E-state index contributed by atoms with van der Waals surface area (Å²) in [6.45, 7) is 0.983. The highest BCUT2D eigenvalue weighted by molar-refractivity contribution is 6.46. The molecule has 0 radical (unpaired) electrons. The predicted molar refractivity (Wildman–Crippen MR) is 128 cm³/mol. The van der Waals surface area contributed by atoms with E-state index in [2.05, 4.69) is 0 Å². The number of aliphatic hydroxyl groups excluding tert-OH is 1. The SMILES string of the molecule is O=C1C(=O)N(Cc2ccccc2)C(c2ccc(Cl)c(Cl)c2)/C1=C(\O)c1ccc2c(c1)OCCO2. The Hall–Kier alpha value is -3.48. The van der Waals surface area contributed by atoms with Gasteiger partial charge in [-0.25, -0.2) is 0 Å². The lowest BCUT2D eigenvalue weighted by molar-refractivity contribution is -0.140. The number of amides is 1. The van der Waals surface area contributed by atoms with Crippen molar-refractivity contribution in [1.82, 2.24) is 4.90 Å². The normalized spacial score (nSPS) is 18.9. The van der Waals surface area contributed by atoms with Crippen LogP contribution in [0.5, 0.6) is 11.5 Å². The van der Waals surface area contributed by atoms with E-state index in [0.717, 1.165) is 5.56 Å². The van der Waals surface area contributed by atoms with Crippen LogP contribution in [0.2, 0.25) is 10.0 Å². The minimum Gasteiger partial charge on any atom is -0.507 e. The van der Waals surface area contributed by atoms with Gasteiger partial charge in [0, 0.05) is 12.1 Å². The van der Waals surface area contributed by atoms with Crippen molar-refractivity contribution < 1.29 is 24.2 Å². The van der Waals surface area contributed by atoms with Crippen molar-refractivity contribution in [3.63, 3.8) is 0 Å². The van der Waals surface area contributed by atoms with Gasteiger partial charge in [0.2, 0.25) is 0 Å². The molecule has 3 aromatic carbocycles. The molecule has 6 nitrogen and oxygen atoms in total. The average molecular weight is 496 g/mol. The van der Waals surface area contributed by atoms with Crippen LogP contribution in [0.15, 0.2) is 72.3 Å². The van der Waals surface area contributed by atoms with E-state index < -0.39 is 17.7 Å². The third kappa shape index (κ3) is 4.00. The van der Waals surface area contributed by atoms with Gasteiger partial charge in [-0.1, -0.05) is 59.6 Å². The molecule has 0 aliphatic carbocycles. The highest BCUT2D eigenvalue weighted by atomic mass is 35.5. The van der Waals surface area contributed by atoms with E-state index in [-0.39, 0.29) is 22.9 Å². The topological polar surface area (TPSA) is 76.1 Å². The molecule has 0 bridgehead atoms. The largest absolute Gasteiger partial charge is 0.507 e. The molecule has 5 rings (SSSR count). The minimum absolute atomic E-state index is 0.0315. The fourth-order valence-corrected chi connectivity index (χ4v) is 4.50. The van der Waals surface area contributed by atoms with Gasteiger partial charge in [-0.05, 0) is 41.5 Å². The third-order valence-electron chi connectivity index (χ3n) is 5.81. The number of aliphatic hydroxyl groups is 1. The van der Waals surface area contributed by atoms with E-state index in [1.54, 1.807) is 36.4 Å². The summed E-state index contributed by atoms with van der Waals surface area (Å²) in [6.07, 6.45) is 0. The number of hydrogen-bond acceptors (Lipinski definition) is 5. The number of benzene rings is 3. The highest BCUT2D eigenvalue weighted by Gasteiger charge is 2.46. The Balaban J connectivity index is 1.65. The highest BCUT2D eigenvalue weighted by Crippen LogP contribution is 2.42. The van der Waals surface area contributed by atoms with Gasteiger partial charge in [0.25, 0.3) is 11.7 Å². The van der Waals surface area contributed by atoms with Crippen LogP contribution >= 0.6 is 23.2 Å². The standard InChI is InChI=1S/C26H19Cl2NO5/c27-18-8-6-16(12-19(18)28)23-22(24(30)17-7-9-20-21(13-17)34-11-10-33-20)25(31)26(32)29(23)14-15-4-2-1-3-5-15/h1-9,12-13,23,30H,10-11,14H2/b24-22+. The molecule has 1 fully saturated rings. The molecule has 1 atom stereocenters. The predicted octanol–water partition coefficient (Wildman–Crippen LogP) is 5.39. The zero-order chi connectivity index (χ0) is 23.8. The van der Waals surface area contributed by atoms with Crippen molar-refractivity contribution in [1.29, 1.82) is 0 Å². The maximum atomic E-state index is 13.2. The quantitative estimate of drug-likeness (QED) is 0.298. The molecule has 1 saturated heterocycles. The van der Waals surface area contributed by atoms with Gasteiger partial charge in [0.05, 0.1) is 21.7 Å². The Morgan fingerprint density at radius 1 is 0.912 bits per heavy atom. The molecular formula is C26H19Cl2NO5. The second-order valence-electron chi connectivity index (χ2n) is 7.94. The molecule has 0 aromatic heterocycles. The van der Waals surface area contributed by atoms with Crippen LogP contribution in [0.25, 0.3) is 5.76 Å². The summed E-state index contributed by atoms with van der Waals surface area (Å²) in [4.78, 5) is 27.8. The molecule has 0 saturated carbocycles. The molecule has 34 heavy (non-hydrogen) atoms. The van der Waals surface area contributed by atoms with Gasteiger partial charge >= 0.3 is 0 Å². The number of carbonyl (C=O) groups excluding carboxylic acids is 2. The lowest BCUT2D eigenvalue weighted by atomic mass is 9.95. The second-order valence-corrected chi connectivity index (χ2v) is 8.76.